The molecule has 0 spiro atoms. The summed E-state index contributed by atoms with van der Waals surface area (Å²) in [4.78, 5) is 19.0. The summed E-state index contributed by atoms with van der Waals surface area (Å²) in [5, 5.41) is 15.8. The van der Waals surface area contributed by atoms with Crippen LogP contribution in [0, 0.1) is 5.41 Å². The maximum atomic E-state index is 12.5. The fourth-order valence-corrected chi connectivity index (χ4v) is 3.89. The summed E-state index contributed by atoms with van der Waals surface area (Å²) in [6.07, 6.45) is 7.03. The van der Waals surface area contributed by atoms with E-state index < -0.39 is 0 Å². The summed E-state index contributed by atoms with van der Waals surface area (Å²) in [7, 11) is 3.42. The number of carbonyl (C=O) groups excluding carboxylic acids is 1. The van der Waals surface area contributed by atoms with E-state index in [0.29, 0.717) is 11.4 Å². The fraction of sp³-hybridized carbons (Fsp3) is 0.300. The van der Waals surface area contributed by atoms with E-state index in [2.05, 4.69) is 10.2 Å². The molecule has 27 heavy (non-hydrogen) atoms. The monoisotopic (exact) mass is 362 g/mol. The Labute approximate surface area is 157 Å². The Morgan fingerprint density at radius 3 is 2.70 bits per heavy atom. The van der Waals surface area contributed by atoms with Crippen molar-refractivity contribution in [1.29, 1.82) is 5.41 Å². The quantitative estimate of drug-likeness (QED) is 0.491. The van der Waals surface area contributed by atoms with Gasteiger partial charge >= 0.3 is 0 Å². The molecule has 0 saturated heterocycles. The summed E-state index contributed by atoms with van der Waals surface area (Å²) < 4.78 is 0. The van der Waals surface area contributed by atoms with E-state index in [1.165, 1.54) is 16.7 Å². The van der Waals surface area contributed by atoms with E-state index in [4.69, 9.17) is 16.1 Å². The minimum atomic E-state index is -0.157. The minimum absolute atomic E-state index is 0.157. The van der Waals surface area contributed by atoms with E-state index in [1.807, 2.05) is 6.07 Å². The number of nitrogen functional groups attached to an aromatic ring is 1. The first-order chi connectivity index (χ1) is 13.0. The third kappa shape index (κ3) is 2.66. The molecule has 0 radical (unpaired) electrons. The highest BCUT2D eigenvalue weighted by Gasteiger charge is 2.26. The molecule has 0 bridgehead atoms. The minimum Gasteiger partial charge on any atom is -0.398 e. The van der Waals surface area contributed by atoms with Gasteiger partial charge in [-0.3, -0.25) is 9.89 Å². The predicted octanol–water partition coefficient (Wildman–Crippen LogP) is 2.79. The lowest BCUT2D eigenvalue weighted by molar-refractivity contribution is 0.0822. The normalized spacial score (nSPS) is 13.4. The molecule has 7 heteroatoms. The maximum Gasteiger partial charge on any atom is 0.274 e. The molecule has 4 rings (SSSR count). The number of aromatic nitrogens is 3. The van der Waals surface area contributed by atoms with Crippen molar-refractivity contribution in [3.05, 3.63) is 40.7 Å². The van der Waals surface area contributed by atoms with Gasteiger partial charge in [0.25, 0.3) is 5.91 Å². The lowest BCUT2D eigenvalue weighted by Crippen LogP contribution is -2.23. The molecule has 0 fully saturated rings. The van der Waals surface area contributed by atoms with Crippen molar-refractivity contribution in [2.45, 2.75) is 25.7 Å². The second-order valence-electron chi connectivity index (χ2n) is 7.08. The zero-order valence-corrected chi connectivity index (χ0v) is 15.5. The molecule has 0 saturated carbocycles. The van der Waals surface area contributed by atoms with E-state index >= 15 is 0 Å². The number of fused-ring (bicyclic) bond motifs is 3. The molecular weight excluding hydrogens is 340 g/mol. The van der Waals surface area contributed by atoms with Crippen LogP contribution in [0.15, 0.2) is 18.3 Å². The number of aromatic amines is 1. The van der Waals surface area contributed by atoms with Crippen LogP contribution >= 0.6 is 0 Å². The smallest absolute Gasteiger partial charge is 0.274 e. The molecule has 1 aliphatic rings. The van der Waals surface area contributed by atoms with Crippen molar-refractivity contribution < 1.29 is 4.79 Å². The lowest BCUT2D eigenvalue weighted by atomic mass is 9.85. The summed E-state index contributed by atoms with van der Waals surface area (Å²) in [6, 6.07) is 3.68. The van der Waals surface area contributed by atoms with Crippen molar-refractivity contribution in [3.8, 4) is 11.3 Å². The molecule has 0 atom stereocenters. The van der Waals surface area contributed by atoms with Crippen LogP contribution in [0.5, 0.6) is 0 Å². The summed E-state index contributed by atoms with van der Waals surface area (Å²) in [5.74, 6) is -0.157. The first-order valence-corrected chi connectivity index (χ1v) is 9.03. The molecule has 138 valence electrons. The number of benzene rings is 1. The number of H-pyrrole nitrogens is 1. The van der Waals surface area contributed by atoms with Crippen LogP contribution in [0.25, 0.3) is 22.2 Å². The number of nitrogens with one attached hydrogen (secondary N) is 2. The SMILES string of the molecule is CN(C)C(=O)c1n[nH]cc1-c1nc2ccc(N)c(C=N)c2c2c1CCCC2. The van der Waals surface area contributed by atoms with Gasteiger partial charge < -0.3 is 16.0 Å². The van der Waals surface area contributed by atoms with Crippen LogP contribution in [-0.4, -0.2) is 46.3 Å². The fourth-order valence-electron chi connectivity index (χ4n) is 3.89. The Hall–Kier alpha value is -3.22. The lowest BCUT2D eigenvalue weighted by Gasteiger charge is -2.22. The van der Waals surface area contributed by atoms with Crippen molar-refractivity contribution in [2.75, 3.05) is 19.8 Å². The van der Waals surface area contributed by atoms with Crippen LogP contribution in [-0.2, 0) is 12.8 Å². The van der Waals surface area contributed by atoms with Crippen LogP contribution in [0.3, 0.4) is 0 Å². The number of carbonyl (C=O) groups is 1. The van der Waals surface area contributed by atoms with Gasteiger partial charge in [0.05, 0.1) is 16.8 Å². The van der Waals surface area contributed by atoms with Crippen LogP contribution in [0.2, 0.25) is 0 Å². The second-order valence-corrected chi connectivity index (χ2v) is 7.08. The number of amides is 1. The molecule has 2 heterocycles. The van der Waals surface area contributed by atoms with Gasteiger partial charge in [0, 0.05) is 43.1 Å². The van der Waals surface area contributed by atoms with E-state index in [-0.39, 0.29) is 5.91 Å². The van der Waals surface area contributed by atoms with Gasteiger partial charge in [0.2, 0.25) is 0 Å². The molecular formula is C20H22N6O. The highest BCUT2D eigenvalue weighted by atomic mass is 16.2. The van der Waals surface area contributed by atoms with Crippen LogP contribution in [0.1, 0.15) is 40.0 Å². The van der Waals surface area contributed by atoms with Gasteiger partial charge in [-0.05, 0) is 48.9 Å². The molecule has 2 aromatic heterocycles. The van der Waals surface area contributed by atoms with Crippen molar-refractivity contribution in [3.63, 3.8) is 0 Å². The molecule has 1 aliphatic carbocycles. The predicted molar refractivity (Wildman–Crippen MR) is 106 cm³/mol. The standard InChI is InChI=1S/C20H22N6O/c1-26(2)20(27)19-14(10-23-25-19)18-12-6-4-3-5-11(12)17-13(9-21)15(22)7-8-16(17)24-18/h7-10,21H,3-6,22H2,1-2H3,(H,23,25). The molecule has 1 aromatic carbocycles. The van der Waals surface area contributed by atoms with Crippen LogP contribution in [0.4, 0.5) is 5.69 Å². The number of hydrogen-bond acceptors (Lipinski definition) is 5. The molecule has 1 amide bonds. The third-order valence-corrected chi connectivity index (χ3v) is 5.19. The average molecular weight is 362 g/mol. The molecule has 3 aromatic rings. The van der Waals surface area contributed by atoms with E-state index in [1.54, 1.807) is 26.4 Å². The van der Waals surface area contributed by atoms with Crippen molar-refractivity contribution >= 4 is 28.7 Å². The zero-order chi connectivity index (χ0) is 19.1. The Balaban J connectivity index is 2.04. The Morgan fingerprint density at radius 2 is 2.00 bits per heavy atom. The number of nitrogens with zero attached hydrogens (tertiary/aromatic N) is 3. The van der Waals surface area contributed by atoms with Gasteiger partial charge in [0.15, 0.2) is 5.69 Å². The van der Waals surface area contributed by atoms with Gasteiger partial charge in [-0.2, -0.15) is 5.10 Å². The van der Waals surface area contributed by atoms with Gasteiger partial charge in [-0.25, -0.2) is 4.98 Å². The number of pyridine rings is 1. The molecule has 0 unspecified atom stereocenters. The topological polar surface area (TPSA) is 112 Å². The van der Waals surface area contributed by atoms with E-state index in [0.717, 1.165) is 59.0 Å². The number of rotatable bonds is 3. The first-order valence-electron chi connectivity index (χ1n) is 9.03. The van der Waals surface area contributed by atoms with E-state index in [9.17, 15) is 4.79 Å². The Kier molecular flexibility index (Phi) is 4.14. The maximum absolute atomic E-state index is 12.5. The molecule has 7 nitrogen and oxygen atoms in total. The number of nitrogens with two attached hydrogens (primary N) is 1. The molecule has 0 aliphatic heterocycles. The largest absolute Gasteiger partial charge is 0.398 e. The first kappa shape index (κ1) is 17.2. The molecule has 4 N–H and O–H groups in total. The van der Waals surface area contributed by atoms with Gasteiger partial charge in [-0.1, -0.05) is 0 Å². The summed E-state index contributed by atoms with van der Waals surface area (Å²) in [5.41, 5.74) is 12.5. The highest BCUT2D eigenvalue weighted by Crippen LogP contribution is 2.38. The summed E-state index contributed by atoms with van der Waals surface area (Å²) >= 11 is 0. The average Bonchev–Trinajstić information content (AvgIpc) is 3.16. The van der Waals surface area contributed by atoms with Crippen molar-refractivity contribution in [2.24, 2.45) is 0 Å². The Bertz CT molecular complexity index is 1070. The number of hydrogen-bond donors (Lipinski definition) is 3. The second kappa shape index (κ2) is 6.50. The van der Waals surface area contributed by atoms with Gasteiger partial charge in [0.1, 0.15) is 0 Å². The number of aryl methyl sites for hydroxylation is 1. The third-order valence-electron chi connectivity index (χ3n) is 5.19. The zero-order valence-electron chi connectivity index (χ0n) is 15.5. The van der Waals surface area contributed by atoms with Gasteiger partial charge in [-0.15, -0.1) is 0 Å². The Morgan fingerprint density at radius 1 is 1.26 bits per heavy atom. The van der Waals surface area contributed by atoms with Crippen LogP contribution < -0.4 is 5.73 Å². The van der Waals surface area contributed by atoms with Crippen molar-refractivity contribution in [1.82, 2.24) is 20.1 Å². The number of anilines is 1. The highest BCUT2D eigenvalue weighted by molar-refractivity contribution is 6.06. The summed E-state index contributed by atoms with van der Waals surface area (Å²) in [6.45, 7) is 0.